The lowest BCUT2D eigenvalue weighted by Crippen LogP contribution is -2.58. The average molecular weight is 443 g/mol. The smallest absolute Gasteiger partial charge is 0.294 e. The summed E-state index contributed by atoms with van der Waals surface area (Å²) < 4.78 is 2.45. The zero-order chi connectivity index (χ0) is 19.1. The molecule has 1 amide bonds. The van der Waals surface area contributed by atoms with Crippen molar-refractivity contribution in [3.05, 3.63) is 58.6 Å². The number of hydrogen-bond donors (Lipinski definition) is 0. The molecule has 6 nitrogen and oxygen atoms in total. The fourth-order valence-electron chi connectivity index (χ4n) is 3.33. The summed E-state index contributed by atoms with van der Waals surface area (Å²) in [4.78, 5) is 18.4. The summed E-state index contributed by atoms with van der Waals surface area (Å²) in [5.74, 6) is -0.500. The minimum atomic E-state index is -0.593. The first-order valence-corrected chi connectivity index (χ1v) is 10.2. The van der Waals surface area contributed by atoms with E-state index in [0.717, 1.165) is 10.0 Å². The van der Waals surface area contributed by atoms with Gasteiger partial charge >= 0.3 is 0 Å². The van der Waals surface area contributed by atoms with Crippen LogP contribution in [0.3, 0.4) is 0 Å². The van der Waals surface area contributed by atoms with Crippen molar-refractivity contribution in [3.8, 4) is 17.1 Å². The van der Waals surface area contributed by atoms with Crippen LogP contribution in [0, 0.1) is 0 Å². The monoisotopic (exact) mass is 442 g/mol. The van der Waals surface area contributed by atoms with E-state index in [4.69, 9.17) is 0 Å². The largest absolute Gasteiger partial charge is 0.854 e. The number of para-hydroxylation sites is 1. The quantitative estimate of drug-likeness (QED) is 0.450. The molecule has 3 aromatic rings. The molecule has 136 valence electrons. The van der Waals surface area contributed by atoms with Crippen molar-refractivity contribution in [2.45, 2.75) is 18.2 Å². The van der Waals surface area contributed by atoms with Gasteiger partial charge in [0.25, 0.3) is 17.0 Å². The molecule has 8 heteroatoms. The summed E-state index contributed by atoms with van der Waals surface area (Å²) >= 11 is 4.87. The normalized spacial score (nSPS) is 15.2. The molecule has 0 radical (unpaired) electrons. The second-order valence-electron chi connectivity index (χ2n) is 6.00. The van der Waals surface area contributed by atoms with Crippen LogP contribution in [0.15, 0.2) is 58.2 Å². The number of halogens is 1. The maximum Gasteiger partial charge on any atom is 0.294 e. The van der Waals surface area contributed by atoms with Crippen LogP contribution in [-0.2, 0) is 4.79 Å². The van der Waals surface area contributed by atoms with E-state index in [9.17, 15) is 9.90 Å². The highest BCUT2D eigenvalue weighted by Crippen LogP contribution is 2.41. The number of nitrogens with zero attached hydrogens (tertiary/aromatic N) is 4. The fourth-order valence-corrected chi connectivity index (χ4v) is 4.16. The number of fused-ring (bicyclic) bond motifs is 3. The third-order valence-electron chi connectivity index (χ3n) is 4.42. The van der Waals surface area contributed by atoms with Crippen molar-refractivity contribution in [1.29, 1.82) is 0 Å². The minimum Gasteiger partial charge on any atom is -0.854 e. The summed E-state index contributed by atoms with van der Waals surface area (Å²) in [7, 11) is 0. The molecule has 0 saturated carbocycles. The van der Waals surface area contributed by atoms with Crippen molar-refractivity contribution in [1.82, 2.24) is 10.1 Å². The second-order valence-corrected chi connectivity index (χ2v) is 7.63. The molecule has 27 heavy (non-hydrogen) atoms. The Hall–Kier alpha value is -2.45. The molecule has 1 aromatic heterocycles. The fraction of sp³-hybridized carbons (Fsp3) is 0.158. The first-order chi connectivity index (χ1) is 13.0. The van der Waals surface area contributed by atoms with Crippen LogP contribution < -0.4 is 14.7 Å². The molecule has 1 atom stereocenters. The van der Waals surface area contributed by atoms with Gasteiger partial charge in [-0.25, -0.2) is 9.88 Å². The molecule has 1 unspecified atom stereocenters. The number of aromatic nitrogens is 3. The molecule has 4 rings (SSSR count). The van der Waals surface area contributed by atoms with E-state index in [1.54, 1.807) is 9.58 Å². The van der Waals surface area contributed by atoms with Gasteiger partial charge in [-0.15, -0.1) is 0 Å². The van der Waals surface area contributed by atoms with Gasteiger partial charge in [-0.2, -0.15) is 0 Å². The Kier molecular flexibility index (Phi) is 4.61. The lowest BCUT2D eigenvalue weighted by Gasteiger charge is -2.33. The Morgan fingerprint density at radius 2 is 1.93 bits per heavy atom. The summed E-state index contributed by atoms with van der Waals surface area (Å²) in [6.07, 6.45) is 1.22. The molecule has 0 saturated heterocycles. The van der Waals surface area contributed by atoms with Crippen molar-refractivity contribution in [2.24, 2.45) is 0 Å². The molecular weight excluding hydrogens is 428 g/mol. The molecule has 0 aliphatic carbocycles. The molecule has 0 bridgehead atoms. The highest BCUT2D eigenvalue weighted by molar-refractivity contribution is 9.10. The van der Waals surface area contributed by atoms with Gasteiger partial charge in [-0.3, -0.25) is 4.79 Å². The minimum absolute atomic E-state index is 0.141. The third kappa shape index (κ3) is 2.89. The summed E-state index contributed by atoms with van der Waals surface area (Å²) in [5.41, 5.74) is 2.53. The third-order valence-corrected chi connectivity index (χ3v) is 5.68. The number of hydrogen-bond acceptors (Lipinski definition) is 5. The van der Waals surface area contributed by atoms with E-state index in [0.29, 0.717) is 22.1 Å². The van der Waals surface area contributed by atoms with Crippen LogP contribution in [0.25, 0.3) is 11.3 Å². The predicted octanol–water partition coefficient (Wildman–Crippen LogP) is 2.90. The van der Waals surface area contributed by atoms with Crippen molar-refractivity contribution < 1.29 is 14.6 Å². The van der Waals surface area contributed by atoms with Crippen LogP contribution in [0.1, 0.15) is 18.7 Å². The molecule has 2 heterocycles. The first kappa shape index (κ1) is 17.9. The van der Waals surface area contributed by atoms with E-state index in [1.165, 1.54) is 18.7 Å². The molecular formula is C19H15BrN4O2S. The van der Waals surface area contributed by atoms with E-state index < -0.39 is 6.17 Å². The van der Waals surface area contributed by atoms with Crippen molar-refractivity contribution >= 4 is 39.3 Å². The number of rotatable bonds is 2. The number of benzene rings is 2. The van der Waals surface area contributed by atoms with E-state index >= 15 is 0 Å². The van der Waals surface area contributed by atoms with Crippen LogP contribution in [-0.4, -0.2) is 22.2 Å². The molecule has 0 N–H and O–H groups in total. The van der Waals surface area contributed by atoms with Gasteiger partial charge in [0.1, 0.15) is 0 Å². The van der Waals surface area contributed by atoms with E-state index in [2.05, 4.69) is 26.0 Å². The van der Waals surface area contributed by atoms with Gasteiger partial charge in [-0.1, -0.05) is 56.6 Å². The number of amides is 1. The standard InChI is InChI=1S/C19H15BrN4O2S/c1-11(25)23-15-10-6-4-8-13(15)16-17(26)21-19(27-2)22-24(16)18(23)12-7-3-5-9-14(12)20/h3-10,18H,1-2H3. The van der Waals surface area contributed by atoms with E-state index in [1.807, 2.05) is 54.8 Å². The molecule has 0 spiro atoms. The molecule has 2 aromatic carbocycles. The molecule has 1 aliphatic heterocycles. The second kappa shape index (κ2) is 6.94. The van der Waals surface area contributed by atoms with E-state index in [-0.39, 0.29) is 11.8 Å². The zero-order valence-electron chi connectivity index (χ0n) is 14.6. The highest BCUT2D eigenvalue weighted by Gasteiger charge is 2.44. The zero-order valence-corrected chi connectivity index (χ0v) is 17.0. The van der Waals surface area contributed by atoms with Gasteiger partial charge in [0.15, 0.2) is 0 Å². The first-order valence-electron chi connectivity index (χ1n) is 8.21. The maximum atomic E-state index is 12.8. The SMILES string of the molecule is CSc1nc([O-])c2[n+](n1)C(c1ccccc1Br)N(C(C)=O)c1ccccc1-2. The van der Waals surface area contributed by atoms with Gasteiger partial charge in [0.2, 0.25) is 5.91 Å². The summed E-state index contributed by atoms with van der Waals surface area (Å²) in [5, 5.41) is 17.8. The van der Waals surface area contributed by atoms with Crippen molar-refractivity contribution in [2.75, 3.05) is 11.2 Å². The van der Waals surface area contributed by atoms with Crippen molar-refractivity contribution in [3.63, 3.8) is 0 Å². The van der Waals surface area contributed by atoms with Crippen LogP contribution >= 0.6 is 27.7 Å². The number of thioether (sulfide) groups is 1. The maximum absolute atomic E-state index is 12.8. The number of anilines is 1. The van der Waals surface area contributed by atoms with Gasteiger partial charge in [-0.05, 0) is 30.5 Å². The lowest BCUT2D eigenvalue weighted by atomic mass is 10.0. The Morgan fingerprint density at radius 1 is 1.22 bits per heavy atom. The molecule has 1 aliphatic rings. The van der Waals surface area contributed by atoms with Crippen LogP contribution in [0.2, 0.25) is 0 Å². The summed E-state index contributed by atoms with van der Waals surface area (Å²) in [6.45, 7) is 1.51. The van der Waals surface area contributed by atoms with Crippen LogP contribution in [0.5, 0.6) is 5.88 Å². The van der Waals surface area contributed by atoms with Gasteiger partial charge in [0, 0.05) is 16.5 Å². The number of carbonyl (C=O) groups is 1. The molecule has 0 fully saturated rings. The van der Waals surface area contributed by atoms with Gasteiger partial charge < -0.3 is 5.11 Å². The number of carbonyl (C=O) groups excluding carboxylic acids is 1. The predicted molar refractivity (Wildman–Crippen MR) is 104 cm³/mol. The average Bonchev–Trinajstić information content (AvgIpc) is 2.66. The Bertz CT molecular complexity index is 1060. The lowest BCUT2D eigenvalue weighted by molar-refractivity contribution is -0.764. The summed E-state index contributed by atoms with van der Waals surface area (Å²) in [6, 6.07) is 15.0. The van der Waals surface area contributed by atoms with Crippen LogP contribution in [0.4, 0.5) is 5.69 Å². The highest BCUT2D eigenvalue weighted by atomic mass is 79.9. The Balaban J connectivity index is 2.11. The Labute approximate surface area is 169 Å². The topological polar surface area (TPSA) is 73.0 Å². The van der Waals surface area contributed by atoms with Gasteiger partial charge in [0.05, 0.1) is 22.7 Å². The Morgan fingerprint density at radius 3 is 2.63 bits per heavy atom.